The first-order chi connectivity index (χ1) is 24.2. The molecule has 0 spiro atoms. The summed E-state index contributed by atoms with van der Waals surface area (Å²) in [7, 11) is 0. The third-order valence-electron chi connectivity index (χ3n) is 10.7. The Kier molecular flexibility index (Phi) is 12.3. The van der Waals surface area contributed by atoms with Gasteiger partial charge in [0.25, 0.3) is 0 Å². The normalized spacial score (nSPS) is 12.1. The van der Waals surface area contributed by atoms with E-state index in [2.05, 4.69) is 192 Å². The fourth-order valence-electron chi connectivity index (χ4n) is 7.32. The van der Waals surface area contributed by atoms with Crippen molar-refractivity contribution >= 4 is 21.5 Å². The van der Waals surface area contributed by atoms with Gasteiger partial charge in [-0.1, -0.05) is 192 Å². The Morgan fingerprint density at radius 1 is 0.333 bits per heavy atom. The van der Waals surface area contributed by atoms with Gasteiger partial charge in [0.05, 0.1) is 0 Å². The van der Waals surface area contributed by atoms with Crippen molar-refractivity contribution in [2.75, 3.05) is 0 Å². The largest absolute Gasteiger partial charge is 0.0616 e. The molecule has 0 bridgehead atoms. The molecule has 0 unspecified atom stereocenters. The summed E-state index contributed by atoms with van der Waals surface area (Å²) in [5.74, 6) is 3.61. The summed E-state index contributed by atoms with van der Waals surface area (Å²) in [6.45, 7) is 27.1. The molecule has 0 saturated heterocycles. The van der Waals surface area contributed by atoms with Gasteiger partial charge in [-0.2, -0.15) is 0 Å². The van der Waals surface area contributed by atoms with Crippen LogP contribution in [0.4, 0.5) is 0 Å². The fourth-order valence-corrected chi connectivity index (χ4v) is 7.32. The van der Waals surface area contributed by atoms with E-state index in [0.717, 1.165) is 6.42 Å². The Balaban J connectivity index is 0.000000149. The van der Waals surface area contributed by atoms with Gasteiger partial charge in [-0.05, 0) is 119 Å². The minimum absolute atomic E-state index is 0.589. The summed E-state index contributed by atoms with van der Waals surface area (Å²) in [4.78, 5) is 0. The molecule has 0 radical (unpaired) electrons. The maximum absolute atomic E-state index is 2.40. The lowest BCUT2D eigenvalue weighted by Gasteiger charge is -2.15. The van der Waals surface area contributed by atoms with Crippen LogP contribution in [-0.2, 0) is 6.42 Å². The second-order valence-corrected chi connectivity index (χ2v) is 16.6. The highest BCUT2D eigenvalue weighted by molar-refractivity contribution is 5.89. The van der Waals surface area contributed by atoms with E-state index in [1.165, 1.54) is 77.2 Å². The molecule has 0 aliphatic heterocycles. The summed E-state index contributed by atoms with van der Waals surface area (Å²) in [5.41, 5.74) is 14.6. The Bertz CT molecular complexity index is 1930. The zero-order valence-electron chi connectivity index (χ0n) is 33.6. The Morgan fingerprint density at radius 3 is 1.00 bits per heavy atom. The number of rotatable bonds is 6. The molecule has 6 aromatic rings. The van der Waals surface area contributed by atoms with Crippen LogP contribution in [0.15, 0.2) is 109 Å². The van der Waals surface area contributed by atoms with Crippen LogP contribution >= 0.6 is 0 Å². The van der Waals surface area contributed by atoms with Crippen LogP contribution in [0, 0.1) is 0 Å². The van der Waals surface area contributed by atoms with Gasteiger partial charge in [-0.25, -0.2) is 0 Å². The highest BCUT2D eigenvalue weighted by Gasteiger charge is 2.20. The average molecular weight is 675 g/mol. The predicted molar refractivity (Wildman–Crippen MR) is 227 cm³/mol. The summed E-state index contributed by atoms with van der Waals surface area (Å²) in [5, 5.41) is 5.55. The van der Waals surface area contributed by atoms with E-state index in [1.807, 2.05) is 0 Å². The molecular weight excluding hydrogens is 613 g/mol. The minimum atomic E-state index is 0.589. The standard InChI is InChI=1S/C19H22.2C16H20/c1-12(2)14-5-7-18-16(9-14)11-17-10-15(13(3)4)6-8-19(17)18;1-11(2)13-5-7-16-10-14(12(3)4)6-8-15(16)9-13;1-11(2)13-9-10-14(12(3)4)16-8-6-5-7-15(13)16/h5-10,12-13H,11H2,1-4H3;2*5-12H,1-4H3. The van der Waals surface area contributed by atoms with Crippen LogP contribution in [-0.4, -0.2) is 0 Å². The van der Waals surface area contributed by atoms with Crippen LogP contribution in [0.25, 0.3) is 32.7 Å². The van der Waals surface area contributed by atoms with E-state index >= 15 is 0 Å². The van der Waals surface area contributed by atoms with E-state index < -0.39 is 0 Å². The van der Waals surface area contributed by atoms with Crippen molar-refractivity contribution in [3.8, 4) is 11.1 Å². The highest BCUT2D eigenvalue weighted by Crippen LogP contribution is 2.39. The molecule has 1 aliphatic rings. The van der Waals surface area contributed by atoms with Gasteiger partial charge in [0.1, 0.15) is 0 Å². The van der Waals surface area contributed by atoms with Crippen molar-refractivity contribution in [2.24, 2.45) is 0 Å². The van der Waals surface area contributed by atoms with Crippen LogP contribution in [0.3, 0.4) is 0 Å². The van der Waals surface area contributed by atoms with Gasteiger partial charge in [0.2, 0.25) is 0 Å². The Morgan fingerprint density at radius 2 is 0.667 bits per heavy atom. The molecular formula is C51H62. The molecule has 1 aliphatic carbocycles. The lowest BCUT2D eigenvalue weighted by molar-refractivity contribution is 0.859. The van der Waals surface area contributed by atoms with E-state index in [-0.39, 0.29) is 0 Å². The first-order valence-corrected chi connectivity index (χ1v) is 19.6. The van der Waals surface area contributed by atoms with E-state index in [9.17, 15) is 0 Å². The smallest absolute Gasteiger partial charge is 0.00132 e. The van der Waals surface area contributed by atoms with E-state index in [4.69, 9.17) is 0 Å². The molecule has 0 nitrogen and oxygen atoms in total. The lowest BCUT2D eigenvalue weighted by atomic mass is 9.89. The van der Waals surface area contributed by atoms with Gasteiger partial charge in [0.15, 0.2) is 0 Å². The molecule has 0 fully saturated rings. The molecule has 0 atom stereocenters. The third kappa shape index (κ3) is 8.84. The van der Waals surface area contributed by atoms with Crippen LogP contribution in [0.1, 0.15) is 163 Å². The van der Waals surface area contributed by atoms with Gasteiger partial charge in [0, 0.05) is 0 Å². The fraction of sp³-hybridized carbons (Fsp3) is 0.373. The third-order valence-corrected chi connectivity index (χ3v) is 10.7. The van der Waals surface area contributed by atoms with Crippen LogP contribution in [0.5, 0.6) is 0 Å². The molecule has 0 N–H and O–H groups in total. The number of hydrogen-bond acceptors (Lipinski definition) is 0. The van der Waals surface area contributed by atoms with Crippen molar-refractivity contribution in [3.63, 3.8) is 0 Å². The summed E-state index contributed by atoms with van der Waals surface area (Å²) in [6, 6.07) is 41.0. The molecule has 6 aromatic carbocycles. The molecule has 266 valence electrons. The van der Waals surface area contributed by atoms with E-state index in [0.29, 0.717) is 35.5 Å². The molecule has 0 aromatic heterocycles. The van der Waals surface area contributed by atoms with E-state index in [1.54, 1.807) is 0 Å². The molecule has 0 heterocycles. The zero-order valence-corrected chi connectivity index (χ0v) is 33.6. The van der Waals surface area contributed by atoms with Crippen LogP contribution in [0.2, 0.25) is 0 Å². The molecule has 0 saturated carbocycles. The highest BCUT2D eigenvalue weighted by atomic mass is 14.2. The molecule has 0 amide bonds. The van der Waals surface area contributed by atoms with Crippen molar-refractivity contribution in [3.05, 3.63) is 154 Å². The van der Waals surface area contributed by atoms with Crippen molar-refractivity contribution in [1.82, 2.24) is 0 Å². The SMILES string of the molecule is CC(C)c1ccc(C(C)C)c2ccccc12.CC(C)c1ccc2c(c1)Cc1cc(C(C)C)ccc1-2.CC(C)c1ccc2cc(C(C)C)ccc2c1. The Labute approximate surface area is 310 Å². The number of hydrogen-bond donors (Lipinski definition) is 0. The predicted octanol–water partition coefficient (Wildman–Crippen LogP) is 15.7. The topological polar surface area (TPSA) is 0 Å². The average Bonchev–Trinajstić information content (AvgIpc) is 3.48. The molecule has 0 heteroatoms. The molecule has 51 heavy (non-hydrogen) atoms. The van der Waals surface area contributed by atoms with Crippen molar-refractivity contribution in [1.29, 1.82) is 0 Å². The Hall–Kier alpha value is -4.16. The second-order valence-electron chi connectivity index (χ2n) is 16.6. The van der Waals surface area contributed by atoms with Gasteiger partial charge >= 0.3 is 0 Å². The quantitative estimate of drug-likeness (QED) is 0.165. The van der Waals surface area contributed by atoms with Crippen molar-refractivity contribution < 1.29 is 0 Å². The number of fused-ring (bicyclic) bond motifs is 5. The molecule has 7 rings (SSSR count). The summed E-state index contributed by atoms with van der Waals surface area (Å²) < 4.78 is 0. The van der Waals surface area contributed by atoms with Crippen LogP contribution < -0.4 is 0 Å². The minimum Gasteiger partial charge on any atom is -0.0616 e. The zero-order chi connectivity index (χ0) is 37.0. The maximum Gasteiger partial charge on any atom is -0.00132 e. The van der Waals surface area contributed by atoms with Gasteiger partial charge in [-0.15, -0.1) is 0 Å². The second kappa shape index (κ2) is 16.5. The lowest BCUT2D eigenvalue weighted by Crippen LogP contribution is -1.95. The van der Waals surface area contributed by atoms with Gasteiger partial charge in [-0.3, -0.25) is 0 Å². The maximum atomic E-state index is 2.40. The first kappa shape index (κ1) is 38.1. The van der Waals surface area contributed by atoms with Crippen molar-refractivity contribution in [2.45, 2.75) is 125 Å². The number of benzene rings is 6. The monoisotopic (exact) mass is 674 g/mol. The summed E-state index contributed by atoms with van der Waals surface area (Å²) >= 11 is 0. The van der Waals surface area contributed by atoms with Gasteiger partial charge < -0.3 is 0 Å². The summed E-state index contributed by atoms with van der Waals surface area (Å²) in [6.07, 6.45) is 1.10. The first-order valence-electron chi connectivity index (χ1n) is 19.6.